The molecule has 0 aliphatic heterocycles. The molecule has 1 N–H and O–H groups in total. The highest BCUT2D eigenvalue weighted by atomic mass is 16.5. The van der Waals surface area contributed by atoms with E-state index in [0.717, 1.165) is 28.5 Å². The molecule has 0 aliphatic rings. The van der Waals surface area contributed by atoms with E-state index < -0.39 is 0 Å². The molecule has 2 aromatic heterocycles. The molecule has 0 unspecified atom stereocenters. The molecule has 0 fully saturated rings. The standard InChI is InChI=1S/C24H27N5O/c1-6-30-20-10-8-7-9-19(20)26-21-15-16(2)25-23-27-22(28-29(21)23)17-11-13-18(14-12-17)24(3,4)5/h7-15,26H,6H2,1-5H3. The fourth-order valence-electron chi connectivity index (χ4n) is 3.31. The zero-order valence-electron chi connectivity index (χ0n) is 18.1. The average molecular weight is 402 g/mol. The van der Waals surface area contributed by atoms with Crippen LogP contribution in [0.25, 0.3) is 17.2 Å². The van der Waals surface area contributed by atoms with Gasteiger partial charge in [-0.1, -0.05) is 57.2 Å². The van der Waals surface area contributed by atoms with Gasteiger partial charge in [0.2, 0.25) is 0 Å². The molecule has 2 aromatic carbocycles. The van der Waals surface area contributed by atoms with E-state index in [1.165, 1.54) is 5.56 Å². The van der Waals surface area contributed by atoms with E-state index in [2.05, 4.69) is 60.3 Å². The highest BCUT2D eigenvalue weighted by Gasteiger charge is 2.16. The molecule has 0 radical (unpaired) electrons. The SMILES string of the molecule is CCOc1ccccc1Nc1cc(C)nc2nc(-c3ccc(C(C)(C)C)cc3)nn12. The summed E-state index contributed by atoms with van der Waals surface area (Å²) < 4.78 is 7.48. The Morgan fingerprint density at radius 3 is 2.43 bits per heavy atom. The third-order valence-electron chi connectivity index (χ3n) is 4.90. The van der Waals surface area contributed by atoms with E-state index in [1.54, 1.807) is 4.52 Å². The van der Waals surface area contributed by atoms with Gasteiger partial charge < -0.3 is 10.1 Å². The van der Waals surface area contributed by atoms with Crippen molar-refractivity contribution in [3.05, 3.63) is 65.9 Å². The number of nitrogens with one attached hydrogen (secondary N) is 1. The summed E-state index contributed by atoms with van der Waals surface area (Å²) >= 11 is 0. The van der Waals surface area contributed by atoms with Gasteiger partial charge in [-0.2, -0.15) is 9.50 Å². The summed E-state index contributed by atoms with van der Waals surface area (Å²) in [5.41, 5.74) is 4.08. The minimum absolute atomic E-state index is 0.106. The van der Waals surface area contributed by atoms with Crippen LogP contribution in [0.3, 0.4) is 0 Å². The molecule has 154 valence electrons. The summed E-state index contributed by atoms with van der Waals surface area (Å²) in [5, 5.41) is 8.16. The van der Waals surface area contributed by atoms with Crippen molar-refractivity contribution in [3.63, 3.8) is 0 Å². The lowest BCUT2D eigenvalue weighted by molar-refractivity contribution is 0.342. The van der Waals surface area contributed by atoms with Crippen molar-refractivity contribution in [2.24, 2.45) is 0 Å². The molecule has 0 spiro atoms. The summed E-state index contributed by atoms with van der Waals surface area (Å²) in [4.78, 5) is 9.22. The molecule has 4 rings (SSSR count). The molecule has 0 amide bonds. The second-order valence-corrected chi connectivity index (χ2v) is 8.31. The number of ether oxygens (including phenoxy) is 1. The lowest BCUT2D eigenvalue weighted by Gasteiger charge is -2.18. The minimum atomic E-state index is 0.106. The van der Waals surface area contributed by atoms with Crippen molar-refractivity contribution >= 4 is 17.3 Å². The number of nitrogens with zero attached hydrogens (tertiary/aromatic N) is 4. The van der Waals surface area contributed by atoms with Gasteiger partial charge in [0.05, 0.1) is 12.3 Å². The van der Waals surface area contributed by atoms with E-state index in [9.17, 15) is 0 Å². The van der Waals surface area contributed by atoms with Crippen molar-refractivity contribution in [2.75, 3.05) is 11.9 Å². The number of anilines is 2. The van der Waals surface area contributed by atoms with Crippen LogP contribution < -0.4 is 10.1 Å². The number of para-hydroxylation sites is 2. The van der Waals surface area contributed by atoms with Crippen LogP contribution in [-0.4, -0.2) is 26.2 Å². The van der Waals surface area contributed by atoms with Gasteiger partial charge in [-0.3, -0.25) is 0 Å². The number of benzene rings is 2. The second-order valence-electron chi connectivity index (χ2n) is 8.31. The molecule has 0 atom stereocenters. The monoisotopic (exact) mass is 401 g/mol. The van der Waals surface area contributed by atoms with E-state index in [-0.39, 0.29) is 5.41 Å². The van der Waals surface area contributed by atoms with Crippen LogP contribution in [-0.2, 0) is 5.41 Å². The average Bonchev–Trinajstić information content (AvgIpc) is 3.13. The fraction of sp³-hybridized carbons (Fsp3) is 0.292. The minimum Gasteiger partial charge on any atom is -0.492 e. The van der Waals surface area contributed by atoms with E-state index in [1.807, 2.05) is 44.2 Å². The number of hydrogen-bond donors (Lipinski definition) is 1. The Bertz CT molecular complexity index is 1170. The highest BCUT2D eigenvalue weighted by Crippen LogP contribution is 2.29. The molecule has 0 bridgehead atoms. The van der Waals surface area contributed by atoms with Crippen LogP contribution >= 0.6 is 0 Å². The van der Waals surface area contributed by atoms with Gasteiger partial charge in [0, 0.05) is 17.3 Å². The predicted molar refractivity (Wildman–Crippen MR) is 121 cm³/mol. The topological polar surface area (TPSA) is 64.3 Å². The first-order valence-corrected chi connectivity index (χ1v) is 10.2. The summed E-state index contributed by atoms with van der Waals surface area (Å²) in [6.45, 7) is 11.1. The largest absolute Gasteiger partial charge is 0.492 e. The Morgan fingerprint density at radius 1 is 1.00 bits per heavy atom. The molecule has 6 heteroatoms. The lowest BCUT2D eigenvalue weighted by Crippen LogP contribution is -2.10. The van der Waals surface area contributed by atoms with Gasteiger partial charge >= 0.3 is 0 Å². The summed E-state index contributed by atoms with van der Waals surface area (Å²) in [6.07, 6.45) is 0. The molecule has 0 saturated heterocycles. The van der Waals surface area contributed by atoms with E-state index in [0.29, 0.717) is 18.2 Å². The van der Waals surface area contributed by atoms with Gasteiger partial charge in [0.25, 0.3) is 5.78 Å². The number of hydrogen-bond acceptors (Lipinski definition) is 5. The number of rotatable bonds is 5. The Balaban J connectivity index is 1.74. The quantitative estimate of drug-likeness (QED) is 0.476. The first-order valence-electron chi connectivity index (χ1n) is 10.2. The molecule has 2 heterocycles. The van der Waals surface area contributed by atoms with Crippen LogP contribution in [0, 0.1) is 6.92 Å². The lowest BCUT2D eigenvalue weighted by atomic mass is 9.87. The van der Waals surface area contributed by atoms with Crippen LogP contribution in [0.4, 0.5) is 11.5 Å². The Hall–Kier alpha value is -3.41. The van der Waals surface area contributed by atoms with Crippen molar-refractivity contribution in [1.29, 1.82) is 0 Å². The molecule has 4 aromatic rings. The summed E-state index contributed by atoms with van der Waals surface area (Å²) in [5.74, 6) is 2.78. The van der Waals surface area contributed by atoms with Gasteiger partial charge in [-0.05, 0) is 37.0 Å². The summed E-state index contributed by atoms with van der Waals surface area (Å²) in [7, 11) is 0. The van der Waals surface area contributed by atoms with E-state index in [4.69, 9.17) is 9.84 Å². The number of fused-ring (bicyclic) bond motifs is 1. The molecule has 30 heavy (non-hydrogen) atoms. The molecule has 0 aliphatic carbocycles. The maximum atomic E-state index is 5.74. The van der Waals surface area contributed by atoms with Gasteiger partial charge in [0.15, 0.2) is 5.82 Å². The van der Waals surface area contributed by atoms with Crippen molar-refractivity contribution in [1.82, 2.24) is 19.6 Å². The number of aromatic nitrogens is 4. The maximum Gasteiger partial charge on any atom is 0.254 e. The van der Waals surface area contributed by atoms with Crippen molar-refractivity contribution in [3.8, 4) is 17.1 Å². The maximum absolute atomic E-state index is 5.74. The molecular formula is C24H27N5O. The van der Waals surface area contributed by atoms with Gasteiger partial charge in [-0.15, -0.1) is 5.10 Å². The smallest absolute Gasteiger partial charge is 0.254 e. The van der Waals surface area contributed by atoms with Crippen molar-refractivity contribution in [2.45, 2.75) is 40.0 Å². The molecule has 6 nitrogen and oxygen atoms in total. The van der Waals surface area contributed by atoms with Crippen molar-refractivity contribution < 1.29 is 4.74 Å². The highest BCUT2D eigenvalue weighted by molar-refractivity contribution is 5.66. The molecule has 0 saturated carbocycles. The van der Waals surface area contributed by atoms with E-state index >= 15 is 0 Å². The van der Waals surface area contributed by atoms with Gasteiger partial charge in [0.1, 0.15) is 11.6 Å². The third kappa shape index (κ3) is 3.99. The predicted octanol–water partition coefficient (Wildman–Crippen LogP) is 5.54. The van der Waals surface area contributed by atoms with Crippen LogP contribution in [0.1, 0.15) is 39.0 Å². The normalized spacial score (nSPS) is 11.6. The number of aryl methyl sites for hydroxylation is 1. The first kappa shape index (κ1) is 19.9. The Morgan fingerprint density at radius 2 is 1.73 bits per heavy atom. The summed E-state index contributed by atoms with van der Waals surface area (Å²) in [6, 6.07) is 18.2. The third-order valence-corrected chi connectivity index (χ3v) is 4.90. The second kappa shape index (κ2) is 7.78. The first-order chi connectivity index (χ1) is 14.3. The molecular weight excluding hydrogens is 374 g/mol. The Labute approximate surface area is 177 Å². The van der Waals surface area contributed by atoms with Gasteiger partial charge in [-0.25, -0.2) is 4.98 Å². The van der Waals surface area contributed by atoms with Crippen LogP contribution in [0.2, 0.25) is 0 Å². The zero-order valence-corrected chi connectivity index (χ0v) is 18.1. The fourth-order valence-corrected chi connectivity index (χ4v) is 3.31. The van der Waals surface area contributed by atoms with Crippen LogP contribution in [0.5, 0.6) is 5.75 Å². The Kier molecular flexibility index (Phi) is 5.16. The zero-order chi connectivity index (χ0) is 21.3. The van der Waals surface area contributed by atoms with Crippen LogP contribution in [0.15, 0.2) is 54.6 Å².